The van der Waals surface area contributed by atoms with Gasteiger partial charge in [0.1, 0.15) is 0 Å². The molecule has 1 amide bonds. The van der Waals surface area contributed by atoms with E-state index in [2.05, 4.69) is 20.3 Å². The molecule has 1 aliphatic heterocycles. The summed E-state index contributed by atoms with van der Waals surface area (Å²) in [6, 6.07) is 7.50. The molecule has 9 heteroatoms. The first-order valence-corrected chi connectivity index (χ1v) is 9.91. The molecule has 0 spiro atoms. The number of aromatic amines is 1. The molecular weight excluding hydrogens is 384 g/mol. The van der Waals surface area contributed by atoms with E-state index in [-0.39, 0.29) is 17.9 Å². The maximum atomic E-state index is 12.6. The third-order valence-corrected chi connectivity index (χ3v) is 5.08. The number of hydrogen-bond donors (Lipinski definition) is 2. The standard InChI is InChI=1S/C21H24N6O3/c1-15-16(20(29)25-21(23-15)26-10-12-30-13-11-26)6-7-19(28)24-17-4-2-3-5-18(17)27-9-8-22-14-27/h2-5,8-9,14H,6-7,10-13H2,1H3,(H,24,28)(H,23,25,29). The summed E-state index contributed by atoms with van der Waals surface area (Å²) >= 11 is 0. The molecule has 4 rings (SSSR count). The molecule has 0 bridgehead atoms. The second kappa shape index (κ2) is 8.91. The molecule has 3 aromatic rings. The average Bonchev–Trinajstić information content (AvgIpc) is 3.29. The number of rotatable bonds is 6. The number of benzene rings is 1. The molecule has 0 unspecified atom stereocenters. The Morgan fingerprint density at radius 2 is 2.07 bits per heavy atom. The molecule has 1 saturated heterocycles. The highest BCUT2D eigenvalue weighted by Gasteiger charge is 2.17. The molecule has 0 saturated carbocycles. The quantitative estimate of drug-likeness (QED) is 0.643. The van der Waals surface area contributed by atoms with Gasteiger partial charge in [-0.2, -0.15) is 0 Å². The fraction of sp³-hybridized carbons (Fsp3) is 0.333. The van der Waals surface area contributed by atoms with Gasteiger partial charge in [-0.15, -0.1) is 0 Å². The van der Waals surface area contributed by atoms with E-state index >= 15 is 0 Å². The molecule has 2 N–H and O–H groups in total. The van der Waals surface area contributed by atoms with Crippen LogP contribution in [-0.2, 0) is 16.0 Å². The molecular formula is C21H24N6O3. The number of nitrogens with zero attached hydrogens (tertiary/aromatic N) is 4. The van der Waals surface area contributed by atoms with Crippen molar-refractivity contribution in [1.82, 2.24) is 19.5 Å². The predicted octanol–water partition coefficient (Wildman–Crippen LogP) is 1.67. The summed E-state index contributed by atoms with van der Waals surface area (Å²) in [5.41, 5.74) is 2.49. The van der Waals surface area contributed by atoms with Crippen LogP contribution in [0.3, 0.4) is 0 Å². The highest BCUT2D eigenvalue weighted by atomic mass is 16.5. The van der Waals surface area contributed by atoms with Crippen molar-refractivity contribution in [2.45, 2.75) is 19.8 Å². The zero-order valence-electron chi connectivity index (χ0n) is 16.8. The van der Waals surface area contributed by atoms with E-state index in [1.807, 2.05) is 39.9 Å². The van der Waals surface area contributed by atoms with Gasteiger partial charge >= 0.3 is 0 Å². The van der Waals surface area contributed by atoms with Gasteiger partial charge in [0.05, 0.1) is 30.9 Å². The topological polar surface area (TPSA) is 105 Å². The number of ether oxygens (including phenoxy) is 1. The number of hydrogen-bond acceptors (Lipinski definition) is 6. The first kappa shape index (κ1) is 19.8. The Balaban J connectivity index is 1.43. The van der Waals surface area contributed by atoms with Crippen LogP contribution in [0.5, 0.6) is 0 Å². The number of nitrogens with one attached hydrogen (secondary N) is 2. The third kappa shape index (κ3) is 4.41. The van der Waals surface area contributed by atoms with Gasteiger partial charge in [-0.05, 0) is 25.5 Å². The minimum absolute atomic E-state index is 0.168. The largest absolute Gasteiger partial charge is 0.378 e. The van der Waals surface area contributed by atoms with Gasteiger partial charge in [0, 0.05) is 43.2 Å². The molecule has 0 radical (unpaired) electrons. The molecule has 1 aromatic carbocycles. The van der Waals surface area contributed by atoms with E-state index in [9.17, 15) is 9.59 Å². The zero-order valence-corrected chi connectivity index (χ0v) is 16.8. The van der Waals surface area contributed by atoms with Gasteiger partial charge in [0.2, 0.25) is 11.9 Å². The number of amides is 1. The van der Waals surface area contributed by atoms with Crippen LogP contribution in [0.2, 0.25) is 0 Å². The van der Waals surface area contributed by atoms with Crippen LogP contribution >= 0.6 is 0 Å². The van der Waals surface area contributed by atoms with E-state index in [0.717, 1.165) is 5.69 Å². The van der Waals surface area contributed by atoms with E-state index < -0.39 is 0 Å². The maximum absolute atomic E-state index is 12.6. The van der Waals surface area contributed by atoms with E-state index in [0.29, 0.717) is 55.6 Å². The summed E-state index contributed by atoms with van der Waals surface area (Å²) in [5.74, 6) is 0.391. The van der Waals surface area contributed by atoms with Crippen LogP contribution in [0.1, 0.15) is 17.7 Å². The van der Waals surface area contributed by atoms with Crippen molar-refractivity contribution in [3.8, 4) is 5.69 Å². The number of aromatic nitrogens is 4. The van der Waals surface area contributed by atoms with Crippen LogP contribution in [0.15, 0.2) is 47.8 Å². The monoisotopic (exact) mass is 408 g/mol. The van der Waals surface area contributed by atoms with Gasteiger partial charge in [-0.25, -0.2) is 9.97 Å². The number of H-pyrrole nitrogens is 1. The molecule has 0 atom stereocenters. The van der Waals surface area contributed by atoms with Gasteiger partial charge in [0.25, 0.3) is 5.56 Å². The first-order valence-electron chi connectivity index (χ1n) is 9.91. The number of carbonyl (C=O) groups excluding carboxylic acids is 1. The molecule has 3 heterocycles. The summed E-state index contributed by atoms with van der Waals surface area (Å²) in [4.78, 5) is 38.6. The number of carbonyl (C=O) groups is 1. The summed E-state index contributed by atoms with van der Waals surface area (Å²) < 4.78 is 7.17. The Morgan fingerprint density at radius 3 is 2.80 bits per heavy atom. The van der Waals surface area contributed by atoms with Crippen LogP contribution in [-0.4, -0.2) is 51.7 Å². The number of para-hydroxylation sites is 2. The van der Waals surface area contributed by atoms with Crippen molar-refractivity contribution in [3.05, 3.63) is 64.6 Å². The fourth-order valence-electron chi connectivity index (χ4n) is 3.47. The number of morpholine rings is 1. The highest BCUT2D eigenvalue weighted by Crippen LogP contribution is 2.20. The van der Waals surface area contributed by atoms with Gasteiger partial charge in [-0.1, -0.05) is 12.1 Å². The molecule has 1 aliphatic rings. The van der Waals surface area contributed by atoms with Crippen molar-refractivity contribution < 1.29 is 9.53 Å². The van der Waals surface area contributed by atoms with E-state index in [1.54, 1.807) is 19.4 Å². The molecule has 156 valence electrons. The molecule has 1 fully saturated rings. The first-order chi connectivity index (χ1) is 14.6. The fourth-order valence-corrected chi connectivity index (χ4v) is 3.47. The minimum atomic E-state index is -0.199. The third-order valence-electron chi connectivity index (χ3n) is 5.08. The Hall–Kier alpha value is -3.46. The predicted molar refractivity (Wildman–Crippen MR) is 113 cm³/mol. The van der Waals surface area contributed by atoms with E-state index in [1.165, 1.54) is 0 Å². The summed E-state index contributed by atoms with van der Waals surface area (Å²) in [5, 5.41) is 2.93. The van der Waals surface area contributed by atoms with Crippen LogP contribution in [0, 0.1) is 6.92 Å². The van der Waals surface area contributed by atoms with Crippen LogP contribution in [0.4, 0.5) is 11.6 Å². The summed E-state index contributed by atoms with van der Waals surface area (Å²) in [6.07, 6.45) is 5.67. The molecule has 2 aromatic heterocycles. The average molecular weight is 408 g/mol. The Labute approximate surface area is 173 Å². The van der Waals surface area contributed by atoms with Crippen molar-refractivity contribution in [2.24, 2.45) is 0 Å². The lowest BCUT2D eigenvalue weighted by Crippen LogP contribution is -2.38. The Kier molecular flexibility index (Phi) is 5.89. The smallest absolute Gasteiger partial charge is 0.255 e. The van der Waals surface area contributed by atoms with Crippen molar-refractivity contribution >= 4 is 17.5 Å². The summed E-state index contributed by atoms with van der Waals surface area (Å²) in [7, 11) is 0. The second-order valence-electron chi connectivity index (χ2n) is 7.09. The van der Waals surface area contributed by atoms with Crippen molar-refractivity contribution in [1.29, 1.82) is 0 Å². The molecule has 0 aliphatic carbocycles. The lowest BCUT2D eigenvalue weighted by molar-refractivity contribution is -0.116. The lowest BCUT2D eigenvalue weighted by atomic mass is 10.1. The van der Waals surface area contributed by atoms with Crippen molar-refractivity contribution in [3.63, 3.8) is 0 Å². The Bertz CT molecular complexity index is 1070. The molecule has 9 nitrogen and oxygen atoms in total. The molecule has 30 heavy (non-hydrogen) atoms. The van der Waals surface area contributed by atoms with Crippen LogP contribution in [0.25, 0.3) is 5.69 Å². The number of aryl methyl sites for hydroxylation is 1. The van der Waals surface area contributed by atoms with Gasteiger partial charge < -0.3 is 19.5 Å². The lowest BCUT2D eigenvalue weighted by Gasteiger charge is -2.27. The normalized spacial score (nSPS) is 14.0. The SMILES string of the molecule is Cc1nc(N2CCOCC2)[nH]c(=O)c1CCC(=O)Nc1ccccc1-n1ccnc1. The van der Waals surface area contributed by atoms with Gasteiger partial charge in [0.15, 0.2) is 0 Å². The van der Waals surface area contributed by atoms with E-state index in [4.69, 9.17) is 4.74 Å². The highest BCUT2D eigenvalue weighted by molar-refractivity contribution is 5.93. The minimum Gasteiger partial charge on any atom is -0.378 e. The maximum Gasteiger partial charge on any atom is 0.255 e. The van der Waals surface area contributed by atoms with Crippen LogP contribution < -0.4 is 15.8 Å². The Morgan fingerprint density at radius 1 is 1.27 bits per heavy atom. The number of imidazole rings is 1. The van der Waals surface area contributed by atoms with Gasteiger partial charge in [-0.3, -0.25) is 14.6 Å². The zero-order chi connectivity index (χ0) is 20.9. The summed E-state index contributed by atoms with van der Waals surface area (Å²) in [6.45, 7) is 4.43. The second-order valence-corrected chi connectivity index (χ2v) is 7.09. The van der Waals surface area contributed by atoms with Crippen molar-refractivity contribution in [2.75, 3.05) is 36.5 Å². The number of anilines is 2.